The number of carbonyl (C=O) groups excluding carboxylic acids is 2. The average Bonchev–Trinajstić information content (AvgIpc) is 3.12. The van der Waals surface area contributed by atoms with Crippen LogP contribution in [0.15, 0.2) is 42.6 Å². The molecule has 0 unspecified atom stereocenters. The summed E-state index contributed by atoms with van der Waals surface area (Å²) in [6, 6.07) is 11.5. The molecule has 0 spiro atoms. The number of nitrogens with zero attached hydrogens (tertiary/aromatic N) is 4. The van der Waals surface area contributed by atoms with Gasteiger partial charge in [-0.05, 0) is 50.7 Å². The third kappa shape index (κ3) is 4.66. The van der Waals surface area contributed by atoms with Gasteiger partial charge in [-0.25, -0.2) is 0 Å². The predicted molar refractivity (Wildman–Crippen MR) is 130 cm³/mol. The zero-order chi connectivity index (χ0) is 23.6. The number of hydrogen-bond donors (Lipinski definition) is 1. The smallest absolute Gasteiger partial charge is 0.253 e. The van der Waals surface area contributed by atoms with E-state index in [4.69, 9.17) is 0 Å². The van der Waals surface area contributed by atoms with Gasteiger partial charge < -0.3 is 15.1 Å². The quantitative estimate of drug-likeness (QED) is 0.704. The first-order valence-corrected chi connectivity index (χ1v) is 11.9. The van der Waals surface area contributed by atoms with E-state index < -0.39 is 5.54 Å². The van der Waals surface area contributed by atoms with Crippen molar-refractivity contribution in [2.75, 3.05) is 44.2 Å². The summed E-state index contributed by atoms with van der Waals surface area (Å²) >= 11 is 0. The maximum atomic E-state index is 14.0. The molecule has 0 saturated carbocycles. The summed E-state index contributed by atoms with van der Waals surface area (Å²) in [6.07, 6.45) is 1.81. The number of aromatic nitrogens is 1. The van der Waals surface area contributed by atoms with Gasteiger partial charge in [-0.15, -0.1) is 0 Å². The molecule has 0 aliphatic carbocycles. The van der Waals surface area contributed by atoms with Crippen LogP contribution < -0.4 is 10.2 Å². The van der Waals surface area contributed by atoms with Crippen molar-refractivity contribution in [3.63, 3.8) is 0 Å². The van der Waals surface area contributed by atoms with Gasteiger partial charge in [0.05, 0.1) is 28.4 Å². The minimum absolute atomic E-state index is 0.0809. The number of pyridine rings is 1. The SMILES string of the molecule is CCN(CC)CCN1C(=O)[C@@H]2CN(Cc3ncccc3C)C[C@]2(C)NC(=O)c2ccccc21. The molecule has 1 N–H and O–H groups in total. The first-order chi connectivity index (χ1) is 15.9. The van der Waals surface area contributed by atoms with E-state index in [2.05, 4.69) is 46.9 Å². The number of fused-ring (bicyclic) bond motifs is 2. The minimum atomic E-state index is -0.641. The van der Waals surface area contributed by atoms with E-state index in [-0.39, 0.29) is 17.7 Å². The molecule has 7 nitrogen and oxygen atoms in total. The second-order valence-corrected chi connectivity index (χ2v) is 9.39. The molecule has 1 fully saturated rings. The lowest BCUT2D eigenvalue weighted by molar-refractivity contribution is -0.123. The van der Waals surface area contributed by atoms with Crippen LogP contribution in [0.5, 0.6) is 0 Å². The Morgan fingerprint density at radius 2 is 1.91 bits per heavy atom. The Balaban J connectivity index is 1.66. The molecule has 7 heteroatoms. The fourth-order valence-electron chi connectivity index (χ4n) is 5.14. The maximum absolute atomic E-state index is 14.0. The highest BCUT2D eigenvalue weighted by atomic mass is 16.2. The van der Waals surface area contributed by atoms with Crippen molar-refractivity contribution in [1.82, 2.24) is 20.1 Å². The number of likely N-dealkylation sites (N-methyl/N-ethyl adjacent to an activating group) is 1. The lowest BCUT2D eigenvalue weighted by Gasteiger charge is -2.38. The largest absolute Gasteiger partial charge is 0.345 e. The minimum Gasteiger partial charge on any atom is -0.345 e. The van der Waals surface area contributed by atoms with Gasteiger partial charge in [0.1, 0.15) is 0 Å². The van der Waals surface area contributed by atoms with Crippen LogP contribution in [0.1, 0.15) is 42.4 Å². The molecule has 2 aliphatic heterocycles. The van der Waals surface area contributed by atoms with Crippen molar-refractivity contribution in [1.29, 1.82) is 0 Å². The summed E-state index contributed by atoms with van der Waals surface area (Å²) in [5, 5.41) is 3.22. The standard InChI is InChI=1S/C26H35N5O2/c1-5-29(6-2)14-15-31-23-12-8-7-11-20(23)24(32)28-26(4)18-30(16-21(26)25(31)33)17-22-19(3)10-9-13-27-22/h7-13,21H,5-6,14-18H2,1-4H3,(H,28,32)/t21-,26-/m0/s1. The van der Waals surface area contributed by atoms with Gasteiger partial charge in [-0.3, -0.25) is 19.5 Å². The average molecular weight is 450 g/mol. The molecule has 4 rings (SSSR count). The van der Waals surface area contributed by atoms with E-state index in [0.29, 0.717) is 37.4 Å². The highest BCUT2D eigenvalue weighted by Gasteiger charge is 2.51. The molecule has 2 aromatic rings. The van der Waals surface area contributed by atoms with E-state index in [0.717, 1.165) is 30.9 Å². The topological polar surface area (TPSA) is 68.8 Å². The molecule has 33 heavy (non-hydrogen) atoms. The van der Waals surface area contributed by atoms with E-state index in [9.17, 15) is 9.59 Å². The summed E-state index contributed by atoms with van der Waals surface area (Å²) in [5.74, 6) is -0.359. The molecular weight excluding hydrogens is 414 g/mol. The lowest BCUT2D eigenvalue weighted by atomic mass is 9.86. The van der Waals surface area contributed by atoms with Gasteiger partial charge in [-0.2, -0.15) is 0 Å². The molecular formula is C26H35N5O2. The molecule has 1 saturated heterocycles. The van der Waals surface area contributed by atoms with Crippen molar-refractivity contribution in [3.8, 4) is 0 Å². The molecule has 1 aromatic carbocycles. The van der Waals surface area contributed by atoms with Crippen LogP contribution in [0.3, 0.4) is 0 Å². The number of likely N-dealkylation sites (tertiary alicyclic amines) is 1. The van der Waals surface area contributed by atoms with Crippen LogP contribution in [-0.2, 0) is 11.3 Å². The highest BCUT2D eigenvalue weighted by Crippen LogP contribution is 2.35. The summed E-state index contributed by atoms with van der Waals surface area (Å²) in [5.41, 5.74) is 2.77. The van der Waals surface area contributed by atoms with Gasteiger partial charge in [0.2, 0.25) is 5.91 Å². The molecule has 0 radical (unpaired) electrons. The number of aryl methyl sites for hydroxylation is 1. The van der Waals surface area contributed by atoms with Crippen LogP contribution >= 0.6 is 0 Å². The van der Waals surface area contributed by atoms with Crippen molar-refractivity contribution >= 4 is 17.5 Å². The van der Waals surface area contributed by atoms with Crippen molar-refractivity contribution in [2.24, 2.45) is 5.92 Å². The summed E-state index contributed by atoms with van der Waals surface area (Å²) < 4.78 is 0. The Kier molecular flexibility index (Phi) is 6.81. The van der Waals surface area contributed by atoms with Gasteiger partial charge in [0.25, 0.3) is 5.91 Å². The number of carbonyl (C=O) groups is 2. The van der Waals surface area contributed by atoms with Gasteiger partial charge in [0, 0.05) is 38.9 Å². The van der Waals surface area contributed by atoms with Gasteiger partial charge in [0.15, 0.2) is 0 Å². The third-order valence-electron chi connectivity index (χ3n) is 7.19. The fourth-order valence-corrected chi connectivity index (χ4v) is 5.14. The van der Waals surface area contributed by atoms with E-state index in [1.165, 1.54) is 0 Å². The number of benzene rings is 1. The van der Waals surface area contributed by atoms with E-state index in [1.807, 2.05) is 48.4 Å². The maximum Gasteiger partial charge on any atom is 0.253 e. The zero-order valence-corrected chi connectivity index (χ0v) is 20.2. The predicted octanol–water partition coefficient (Wildman–Crippen LogP) is 2.70. The molecule has 176 valence electrons. The Morgan fingerprint density at radius 3 is 2.64 bits per heavy atom. The number of para-hydroxylation sites is 1. The number of hydrogen-bond acceptors (Lipinski definition) is 5. The Morgan fingerprint density at radius 1 is 1.15 bits per heavy atom. The number of rotatable bonds is 7. The molecule has 2 atom stereocenters. The monoisotopic (exact) mass is 449 g/mol. The molecule has 0 bridgehead atoms. The van der Waals surface area contributed by atoms with Gasteiger partial charge >= 0.3 is 0 Å². The molecule has 2 amide bonds. The van der Waals surface area contributed by atoms with Gasteiger partial charge in [-0.1, -0.05) is 32.0 Å². The van der Waals surface area contributed by atoms with E-state index in [1.54, 1.807) is 0 Å². The van der Waals surface area contributed by atoms with Crippen LogP contribution in [0, 0.1) is 12.8 Å². The summed E-state index contributed by atoms with van der Waals surface area (Å²) in [6.45, 7) is 13.4. The third-order valence-corrected chi connectivity index (χ3v) is 7.19. The lowest BCUT2D eigenvalue weighted by Crippen LogP contribution is -2.59. The number of anilines is 1. The fraction of sp³-hybridized carbons (Fsp3) is 0.500. The molecule has 1 aromatic heterocycles. The normalized spacial score (nSPS) is 23.2. The van der Waals surface area contributed by atoms with Crippen LogP contribution in [0.2, 0.25) is 0 Å². The summed E-state index contributed by atoms with van der Waals surface area (Å²) in [7, 11) is 0. The van der Waals surface area contributed by atoms with Crippen LogP contribution in [0.25, 0.3) is 0 Å². The van der Waals surface area contributed by atoms with Crippen molar-refractivity contribution < 1.29 is 9.59 Å². The summed E-state index contributed by atoms with van der Waals surface area (Å²) in [4.78, 5) is 38.3. The Hall–Kier alpha value is -2.77. The molecule has 3 heterocycles. The number of nitrogens with one attached hydrogen (secondary N) is 1. The highest BCUT2D eigenvalue weighted by molar-refractivity contribution is 6.07. The van der Waals surface area contributed by atoms with Crippen LogP contribution in [-0.4, -0.2) is 71.4 Å². The van der Waals surface area contributed by atoms with Crippen molar-refractivity contribution in [2.45, 2.75) is 39.8 Å². The van der Waals surface area contributed by atoms with Crippen LogP contribution in [0.4, 0.5) is 5.69 Å². The Bertz CT molecular complexity index is 1020. The van der Waals surface area contributed by atoms with E-state index >= 15 is 0 Å². The number of amides is 2. The molecule has 2 aliphatic rings. The zero-order valence-electron chi connectivity index (χ0n) is 20.2. The first-order valence-electron chi connectivity index (χ1n) is 11.9. The van der Waals surface area contributed by atoms with Crippen molar-refractivity contribution in [3.05, 3.63) is 59.4 Å². The Labute approximate surface area is 196 Å². The first kappa shape index (κ1) is 23.4. The second-order valence-electron chi connectivity index (χ2n) is 9.39. The second kappa shape index (κ2) is 9.61.